The van der Waals surface area contributed by atoms with Gasteiger partial charge < -0.3 is 10.1 Å². The zero-order chi connectivity index (χ0) is 15.3. The Balaban J connectivity index is 2.71. The zero-order valence-corrected chi connectivity index (χ0v) is 13.8. The topological polar surface area (TPSA) is 55.4 Å². The average Bonchev–Trinajstić information content (AvgIpc) is 2.35. The molecule has 0 aliphatic carbocycles. The molecular formula is C15H25NO3S. The molecule has 5 heteroatoms. The first-order valence-electron chi connectivity index (χ1n) is 6.81. The Morgan fingerprint density at radius 2 is 1.95 bits per heavy atom. The van der Waals surface area contributed by atoms with E-state index in [-0.39, 0.29) is 17.8 Å². The van der Waals surface area contributed by atoms with Gasteiger partial charge in [-0.25, -0.2) is 8.42 Å². The van der Waals surface area contributed by atoms with E-state index in [0.717, 1.165) is 11.3 Å². The fourth-order valence-corrected chi connectivity index (χ4v) is 2.96. The van der Waals surface area contributed by atoms with Crippen LogP contribution >= 0.6 is 0 Å². The van der Waals surface area contributed by atoms with Gasteiger partial charge in [0.1, 0.15) is 15.6 Å². The second-order valence-electron chi connectivity index (χ2n) is 5.45. The van der Waals surface area contributed by atoms with Gasteiger partial charge in [0.05, 0.1) is 12.9 Å². The molecule has 0 fully saturated rings. The normalized spacial score (nSPS) is 14.8. The smallest absolute Gasteiger partial charge is 0.147 e. The van der Waals surface area contributed by atoms with Crippen molar-refractivity contribution in [2.24, 2.45) is 0 Å². The molecule has 0 aliphatic rings. The Kier molecular flexibility index (Phi) is 6.02. The van der Waals surface area contributed by atoms with E-state index in [1.165, 1.54) is 11.8 Å². The minimum Gasteiger partial charge on any atom is -0.496 e. The SMILES string of the molecule is COc1ccc(C)cc1C(C)NC(C)CCS(C)(=O)=O. The van der Waals surface area contributed by atoms with E-state index in [9.17, 15) is 8.42 Å². The van der Waals surface area contributed by atoms with Gasteiger partial charge in [0.25, 0.3) is 0 Å². The summed E-state index contributed by atoms with van der Waals surface area (Å²) < 4.78 is 27.8. The molecule has 1 rings (SSSR count). The van der Waals surface area contributed by atoms with Crippen LogP contribution in [0.5, 0.6) is 5.75 Å². The Hall–Kier alpha value is -1.07. The van der Waals surface area contributed by atoms with E-state index in [4.69, 9.17) is 4.74 Å². The van der Waals surface area contributed by atoms with Crippen LogP contribution in [0.3, 0.4) is 0 Å². The van der Waals surface area contributed by atoms with Crippen molar-refractivity contribution in [1.82, 2.24) is 5.32 Å². The summed E-state index contributed by atoms with van der Waals surface area (Å²) in [5, 5.41) is 3.43. The Morgan fingerprint density at radius 1 is 1.30 bits per heavy atom. The van der Waals surface area contributed by atoms with Gasteiger partial charge in [0, 0.05) is 23.9 Å². The summed E-state index contributed by atoms with van der Waals surface area (Å²) in [6.07, 6.45) is 1.88. The van der Waals surface area contributed by atoms with E-state index in [2.05, 4.69) is 18.3 Å². The third-order valence-electron chi connectivity index (χ3n) is 3.31. The summed E-state index contributed by atoms with van der Waals surface area (Å²) in [4.78, 5) is 0. The van der Waals surface area contributed by atoms with Gasteiger partial charge in [-0.1, -0.05) is 17.7 Å². The first-order valence-corrected chi connectivity index (χ1v) is 8.87. The fourth-order valence-electron chi connectivity index (χ4n) is 2.18. The van der Waals surface area contributed by atoms with Gasteiger partial charge in [-0.3, -0.25) is 0 Å². The minimum atomic E-state index is -2.90. The molecule has 0 bridgehead atoms. The molecule has 4 nitrogen and oxygen atoms in total. The number of aryl methyl sites for hydroxylation is 1. The van der Waals surface area contributed by atoms with Crippen LogP contribution < -0.4 is 10.1 Å². The quantitative estimate of drug-likeness (QED) is 0.840. The second kappa shape index (κ2) is 7.09. The molecule has 1 N–H and O–H groups in total. The number of benzene rings is 1. The predicted molar refractivity (Wildman–Crippen MR) is 83.1 cm³/mol. The third-order valence-corrected chi connectivity index (χ3v) is 4.29. The summed E-state index contributed by atoms with van der Waals surface area (Å²) in [7, 11) is -1.24. The molecule has 0 aromatic heterocycles. The van der Waals surface area contributed by atoms with Gasteiger partial charge in [-0.05, 0) is 33.3 Å². The van der Waals surface area contributed by atoms with Crippen molar-refractivity contribution in [2.75, 3.05) is 19.1 Å². The molecule has 0 saturated carbocycles. The number of rotatable bonds is 7. The molecule has 1 aromatic carbocycles. The van der Waals surface area contributed by atoms with Crippen LogP contribution in [-0.4, -0.2) is 33.6 Å². The number of ether oxygens (including phenoxy) is 1. The first-order chi connectivity index (χ1) is 9.23. The van der Waals surface area contributed by atoms with Crippen LogP contribution in [0, 0.1) is 6.92 Å². The lowest BCUT2D eigenvalue weighted by Crippen LogP contribution is -2.30. The summed E-state index contributed by atoms with van der Waals surface area (Å²) in [6.45, 7) is 6.11. The molecule has 2 atom stereocenters. The minimum absolute atomic E-state index is 0.111. The number of hydrogen-bond acceptors (Lipinski definition) is 4. The van der Waals surface area contributed by atoms with Crippen molar-refractivity contribution in [3.8, 4) is 5.75 Å². The number of nitrogens with one attached hydrogen (secondary N) is 1. The highest BCUT2D eigenvalue weighted by Gasteiger charge is 2.15. The van der Waals surface area contributed by atoms with Crippen molar-refractivity contribution >= 4 is 9.84 Å². The van der Waals surface area contributed by atoms with Crippen molar-refractivity contribution in [2.45, 2.75) is 39.3 Å². The average molecular weight is 299 g/mol. The van der Waals surface area contributed by atoms with Crippen molar-refractivity contribution in [3.63, 3.8) is 0 Å². The van der Waals surface area contributed by atoms with Crippen LogP contribution in [0.2, 0.25) is 0 Å². The molecule has 0 radical (unpaired) electrons. The van der Waals surface area contributed by atoms with Gasteiger partial charge in [-0.2, -0.15) is 0 Å². The standard InChI is InChI=1S/C15H25NO3S/c1-11-6-7-15(19-4)14(10-11)13(3)16-12(2)8-9-20(5,17)18/h6-7,10,12-13,16H,8-9H2,1-5H3. The lowest BCUT2D eigenvalue weighted by molar-refractivity contribution is 0.394. The molecule has 2 unspecified atom stereocenters. The Morgan fingerprint density at radius 3 is 2.50 bits per heavy atom. The van der Waals surface area contributed by atoms with Crippen molar-refractivity contribution < 1.29 is 13.2 Å². The zero-order valence-electron chi connectivity index (χ0n) is 12.9. The van der Waals surface area contributed by atoms with E-state index in [1.54, 1.807) is 7.11 Å². The molecule has 0 spiro atoms. The van der Waals surface area contributed by atoms with Gasteiger partial charge in [-0.15, -0.1) is 0 Å². The molecule has 0 saturated heterocycles. The lowest BCUT2D eigenvalue weighted by atomic mass is 10.0. The highest BCUT2D eigenvalue weighted by molar-refractivity contribution is 7.90. The van der Waals surface area contributed by atoms with E-state index >= 15 is 0 Å². The highest BCUT2D eigenvalue weighted by Crippen LogP contribution is 2.26. The molecule has 20 heavy (non-hydrogen) atoms. The molecule has 0 heterocycles. The first kappa shape index (κ1) is 17.0. The van der Waals surface area contributed by atoms with E-state index in [0.29, 0.717) is 6.42 Å². The van der Waals surface area contributed by atoms with Crippen molar-refractivity contribution in [1.29, 1.82) is 0 Å². The summed E-state index contributed by atoms with van der Waals surface area (Å²) in [5.41, 5.74) is 2.27. The maximum absolute atomic E-state index is 11.2. The number of sulfone groups is 1. The summed E-state index contributed by atoms with van der Waals surface area (Å²) in [6, 6.07) is 6.32. The van der Waals surface area contributed by atoms with Crippen molar-refractivity contribution in [3.05, 3.63) is 29.3 Å². The summed E-state index contributed by atoms with van der Waals surface area (Å²) >= 11 is 0. The van der Waals surface area contributed by atoms with Crippen LogP contribution in [0.25, 0.3) is 0 Å². The molecular weight excluding hydrogens is 274 g/mol. The fraction of sp³-hybridized carbons (Fsp3) is 0.600. The third kappa shape index (κ3) is 5.51. The highest BCUT2D eigenvalue weighted by atomic mass is 32.2. The number of hydrogen-bond donors (Lipinski definition) is 1. The molecule has 0 aliphatic heterocycles. The Bertz CT molecular complexity index is 540. The summed E-state index contributed by atoms with van der Waals surface area (Å²) in [5.74, 6) is 1.06. The van der Waals surface area contributed by atoms with Gasteiger partial charge >= 0.3 is 0 Å². The monoisotopic (exact) mass is 299 g/mol. The van der Waals surface area contributed by atoms with Crippen LogP contribution in [0.4, 0.5) is 0 Å². The number of methoxy groups -OCH3 is 1. The molecule has 1 aromatic rings. The second-order valence-corrected chi connectivity index (χ2v) is 7.71. The maximum Gasteiger partial charge on any atom is 0.147 e. The lowest BCUT2D eigenvalue weighted by Gasteiger charge is -2.22. The molecule has 0 amide bonds. The van der Waals surface area contributed by atoms with Crippen LogP contribution in [-0.2, 0) is 9.84 Å². The molecule has 114 valence electrons. The van der Waals surface area contributed by atoms with Gasteiger partial charge in [0.15, 0.2) is 0 Å². The van der Waals surface area contributed by atoms with Crippen LogP contribution in [0.15, 0.2) is 18.2 Å². The predicted octanol–water partition coefficient (Wildman–Crippen LogP) is 2.48. The van der Waals surface area contributed by atoms with E-state index in [1.807, 2.05) is 26.0 Å². The van der Waals surface area contributed by atoms with Crippen LogP contribution in [0.1, 0.15) is 37.4 Å². The van der Waals surface area contributed by atoms with E-state index < -0.39 is 9.84 Å². The largest absolute Gasteiger partial charge is 0.496 e. The maximum atomic E-state index is 11.2. The Labute approximate surface area is 122 Å². The van der Waals surface area contributed by atoms with Gasteiger partial charge in [0.2, 0.25) is 0 Å².